The summed E-state index contributed by atoms with van der Waals surface area (Å²) in [5.74, 6) is -0.0462. The lowest BCUT2D eigenvalue weighted by atomic mass is 10.1. The van der Waals surface area contributed by atoms with Gasteiger partial charge in [-0.2, -0.15) is 0 Å². The monoisotopic (exact) mass is 350 g/mol. The van der Waals surface area contributed by atoms with E-state index in [1.807, 2.05) is 12.1 Å². The van der Waals surface area contributed by atoms with Crippen molar-refractivity contribution in [1.29, 1.82) is 0 Å². The van der Waals surface area contributed by atoms with Crippen LogP contribution in [0.5, 0.6) is 0 Å². The number of fused-ring (bicyclic) bond motifs is 1. The predicted octanol–water partition coefficient (Wildman–Crippen LogP) is 3.46. The van der Waals surface area contributed by atoms with E-state index in [-0.39, 0.29) is 11.6 Å². The average molecular weight is 350 g/mol. The van der Waals surface area contributed by atoms with Crippen LogP contribution in [0, 0.1) is 10.1 Å². The van der Waals surface area contributed by atoms with Gasteiger partial charge in [0.15, 0.2) is 0 Å². The van der Waals surface area contributed by atoms with E-state index in [4.69, 9.17) is 0 Å². The Morgan fingerprint density at radius 2 is 1.88 bits per heavy atom. The van der Waals surface area contributed by atoms with Crippen LogP contribution in [-0.2, 0) is 6.54 Å². The number of nitrogens with one attached hydrogen (secondary N) is 1. The third-order valence-corrected chi connectivity index (χ3v) is 4.03. The first-order valence-electron chi connectivity index (χ1n) is 8.04. The topological polar surface area (TPSA) is 88.4 Å². The minimum Gasteiger partial charge on any atom is -0.379 e. The van der Waals surface area contributed by atoms with Gasteiger partial charge < -0.3 is 10.2 Å². The zero-order valence-corrected chi connectivity index (χ0v) is 14.5. The van der Waals surface area contributed by atoms with Crippen LogP contribution in [0.2, 0.25) is 0 Å². The lowest BCUT2D eigenvalue weighted by Crippen LogP contribution is -2.21. The minimum absolute atomic E-state index is 0.0326. The maximum absolute atomic E-state index is 11.9. The number of benzene rings is 2. The molecule has 0 aliphatic carbocycles. The first-order valence-corrected chi connectivity index (χ1v) is 8.04. The van der Waals surface area contributed by atoms with Crippen molar-refractivity contribution < 1.29 is 9.72 Å². The average Bonchev–Trinajstić information content (AvgIpc) is 2.65. The molecule has 0 radical (unpaired) electrons. The van der Waals surface area contributed by atoms with Gasteiger partial charge >= 0.3 is 0 Å². The van der Waals surface area contributed by atoms with E-state index in [1.165, 1.54) is 11.0 Å². The minimum atomic E-state index is -0.408. The number of carbonyl (C=O) groups is 1. The second-order valence-corrected chi connectivity index (χ2v) is 6.04. The van der Waals surface area contributed by atoms with E-state index in [0.717, 1.165) is 11.3 Å². The number of anilines is 1. The molecule has 26 heavy (non-hydrogen) atoms. The normalized spacial score (nSPS) is 10.5. The van der Waals surface area contributed by atoms with Gasteiger partial charge in [-0.05, 0) is 35.9 Å². The van der Waals surface area contributed by atoms with E-state index in [1.54, 1.807) is 50.6 Å². The highest BCUT2D eigenvalue weighted by molar-refractivity contribution is 5.96. The molecular weight excluding hydrogens is 332 g/mol. The van der Waals surface area contributed by atoms with Gasteiger partial charge in [0, 0.05) is 38.5 Å². The Kier molecular flexibility index (Phi) is 4.79. The van der Waals surface area contributed by atoms with Crippen molar-refractivity contribution in [1.82, 2.24) is 9.88 Å². The molecule has 0 aliphatic heterocycles. The number of carbonyl (C=O) groups excluding carboxylic acids is 1. The molecule has 132 valence electrons. The smallest absolute Gasteiger partial charge is 0.278 e. The lowest BCUT2D eigenvalue weighted by Gasteiger charge is -2.12. The molecule has 7 nitrogen and oxygen atoms in total. The standard InChI is InChI=1S/C19H18N4O3/c1-22(2)19(24)14-7-5-13(6-8-14)12-21-16-9-10-17(23(25)26)15-4-3-11-20-18(15)16/h3-11,21H,12H2,1-2H3. The molecule has 0 unspecified atom stereocenters. The fourth-order valence-corrected chi connectivity index (χ4v) is 2.68. The van der Waals surface area contributed by atoms with Crippen LogP contribution in [0.1, 0.15) is 15.9 Å². The summed E-state index contributed by atoms with van der Waals surface area (Å²) < 4.78 is 0. The molecule has 0 fully saturated rings. The molecule has 1 N–H and O–H groups in total. The van der Waals surface area contributed by atoms with Crippen molar-refractivity contribution in [2.45, 2.75) is 6.54 Å². The van der Waals surface area contributed by atoms with E-state index >= 15 is 0 Å². The number of aromatic nitrogens is 1. The van der Waals surface area contributed by atoms with Crippen molar-refractivity contribution in [2.24, 2.45) is 0 Å². The predicted molar refractivity (Wildman–Crippen MR) is 100 cm³/mol. The number of nitro benzene ring substituents is 1. The SMILES string of the molecule is CN(C)C(=O)c1ccc(CNc2ccc([N+](=O)[O-])c3cccnc23)cc1. The van der Waals surface area contributed by atoms with Gasteiger partial charge in [0.25, 0.3) is 11.6 Å². The summed E-state index contributed by atoms with van der Waals surface area (Å²) in [6, 6.07) is 13.8. The van der Waals surface area contributed by atoms with Crippen LogP contribution in [-0.4, -0.2) is 34.8 Å². The second kappa shape index (κ2) is 7.18. The van der Waals surface area contributed by atoms with Crippen LogP contribution in [0.4, 0.5) is 11.4 Å². The molecular formula is C19H18N4O3. The van der Waals surface area contributed by atoms with Gasteiger partial charge in [0.2, 0.25) is 0 Å². The highest BCUT2D eigenvalue weighted by atomic mass is 16.6. The Hall–Kier alpha value is -3.48. The van der Waals surface area contributed by atoms with Crippen molar-refractivity contribution in [3.05, 3.63) is 76.0 Å². The van der Waals surface area contributed by atoms with Crippen molar-refractivity contribution >= 4 is 28.2 Å². The summed E-state index contributed by atoms with van der Waals surface area (Å²) in [6.07, 6.45) is 1.61. The Balaban J connectivity index is 1.81. The summed E-state index contributed by atoms with van der Waals surface area (Å²) in [4.78, 5) is 28.5. The number of rotatable bonds is 5. The molecule has 0 bridgehead atoms. The van der Waals surface area contributed by atoms with E-state index in [0.29, 0.717) is 23.0 Å². The summed E-state index contributed by atoms with van der Waals surface area (Å²) in [6.45, 7) is 0.514. The molecule has 1 aromatic heterocycles. The third-order valence-electron chi connectivity index (χ3n) is 4.03. The molecule has 0 saturated carbocycles. The number of non-ortho nitro benzene ring substituents is 1. The first kappa shape index (κ1) is 17.3. The number of pyridine rings is 1. The Labute approximate surface area is 150 Å². The molecule has 0 saturated heterocycles. The van der Waals surface area contributed by atoms with Crippen molar-refractivity contribution in [2.75, 3.05) is 19.4 Å². The Morgan fingerprint density at radius 1 is 1.15 bits per heavy atom. The maximum atomic E-state index is 11.9. The van der Waals surface area contributed by atoms with Crippen LogP contribution < -0.4 is 5.32 Å². The van der Waals surface area contributed by atoms with Gasteiger partial charge in [-0.1, -0.05) is 12.1 Å². The summed E-state index contributed by atoms with van der Waals surface area (Å²) in [5, 5.41) is 14.9. The largest absolute Gasteiger partial charge is 0.379 e. The molecule has 0 spiro atoms. The fourth-order valence-electron chi connectivity index (χ4n) is 2.68. The van der Waals surface area contributed by atoms with Crippen LogP contribution in [0.3, 0.4) is 0 Å². The summed E-state index contributed by atoms with van der Waals surface area (Å²) >= 11 is 0. The van der Waals surface area contributed by atoms with Gasteiger partial charge in [-0.15, -0.1) is 0 Å². The summed E-state index contributed by atoms with van der Waals surface area (Å²) in [7, 11) is 3.43. The highest BCUT2D eigenvalue weighted by Crippen LogP contribution is 2.29. The number of hydrogen-bond acceptors (Lipinski definition) is 5. The Bertz CT molecular complexity index is 968. The van der Waals surface area contributed by atoms with Gasteiger partial charge in [0.05, 0.1) is 16.0 Å². The lowest BCUT2D eigenvalue weighted by molar-refractivity contribution is -0.383. The van der Waals surface area contributed by atoms with Crippen LogP contribution in [0.15, 0.2) is 54.7 Å². The van der Waals surface area contributed by atoms with Gasteiger partial charge in [0.1, 0.15) is 5.52 Å². The Morgan fingerprint density at radius 3 is 2.54 bits per heavy atom. The molecule has 0 aliphatic rings. The number of nitro groups is 1. The highest BCUT2D eigenvalue weighted by Gasteiger charge is 2.14. The molecule has 3 aromatic rings. The molecule has 7 heteroatoms. The number of nitrogens with zero attached hydrogens (tertiary/aromatic N) is 3. The third kappa shape index (κ3) is 3.46. The van der Waals surface area contributed by atoms with Crippen LogP contribution in [0.25, 0.3) is 10.9 Å². The second-order valence-electron chi connectivity index (χ2n) is 6.04. The summed E-state index contributed by atoms with van der Waals surface area (Å²) in [5.41, 5.74) is 2.93. The molecule has 3 rings (SSSR count). The zero-order chi connectivity index (χ0) is 18.7. The van der Waals surface area contributed by atoms with Crippen molar-refractivity contribution in [3.63, 3.8) is 0 Å². The molecule has 1 amide bonds. The fraction of sp³-hybridized carbons (Fsp3) is 0.158. The zero-order valence-electron chi connectivity index (χ0n) is 14.5. The van der Waals surface area contributed by atoms with Gasteiger partial charge in [-0.25, -0.2) is 0 Å². The molecule has 1 heterocycles. The number of amides is 1. The maximum Gasteiger partial charge on any atom is 0.278 e. The van der Waals surface area contributed by atoms with E-state index in [2.05, 4.69) is 10.3 Å². The van der Waals surface area contributed by atoms with Gasteiger partial charge in [-0.3, -0.25) is 19.9 Å². The first-order chi connectivity index (χ1) is 12.5. The van der Waals surface area contributed by atoms with E-state index in [9.17, 15) is 14.9 Å². The number of hydrogen-bond donors (Lipinski definition) is 1. The van der Waals surface area contributed by atoms with E-state index < -0.39 is 4.92 Å². The quantitative estimate of drug-likeness (QED) is 0.562. The molecule has 0 atom stereocenters. The van der Waals surface area contributed by atoms with Crippen molar-refractivity contribution in [3.8, 4) is 0 Å². The van der Waals surface area contributed by atoms with Crippen LogP contribution >= 0.6 is 0 Å². The molecule has 2 aromatic carbocycles.